The van der Waals surface area contributed by atoms with Gasteiger partial charge in [-0.25, -0.2) is 9.78 Å². The highest BCUT2D eigenvalue weighted by molar-refractivity contribution is 5.98. The lowest BCUT2D eigenvalue weighted by atomic mass is 10.0. The topological polar surface area (TPSA) is 113 Å². The largest absolute Gasteiger partial charge is 0.493 e. The third-order valence-corrected chi connectivity index (χ3v) is 4.74. The Hall–Kier alpha value is -2.68. The van der Waals surface area contributed by atoms with Gasteiger partial charge in [0.25, 0.3) is 5.91 Å². The smallest absolute Gasteiger partial charge is 0.328 e. The monoisotopic (exact) mass is 436 g/mol. The second-order valence-electron chi connectivity index (χ2n) is 8.07. The first-order chi connectivity index (χ1) is 14.7. The van der Waals surface area contributed by atoms with Crippen molar-refractivity contribution >= 4 is 17.8 Å². The van der Waals surface area contributed by atoms with Gasteiger partial charge in [-0.1, -0.05) is 13.8 Å². The van der Waals surface area contributed by atoms with Crippen LogP contribution in [0.15, 0.2) is 12.3 Å². The van der Waals surface area contributed by atoms with Crippen molar-refractivity contribution in [1.29, 1.82) is 0 Å². The number of aromatic nitrogens is 1. The summed E-state index contributed by atoms with van der Waals surface area (Å²) in [5.41, 5.74) is -0.145. The molecule has 31 heavy (non-hydrogen) atoms. The molecule has 0 unspecified atom stereocenters. The van der Waals surface area contributed by atoms with E-state index in [1.165, 1.54) is 26.3 Å². The minimum atomic E-state index is -0.850. The molecule has 1 fully saturated rings. The summed E-state index contributed by atoms with van der Waals surface area (Å²) in [5.74, 6) is -1.28. The Bertz CT molecular complexity index is 781. The Labute approximate surface area is 182 Å². The zero-order valence-corrected chi connectivity index (χ0v) is 18.8. The lowest BCUT2D eigenvalue weighted by molar-refractivity contribution is -0.151. The third kappa shape index (κ3) is 7.50. The van der Waals surface area contributed by atoms with E-state index in [0.717, 1.165) is 6.42 Å². The summed E-state index contributed by atoms with van der Waals surface area (Å²) in [6.07, 6.45) is 3.46. The summed E-state index contributed by atoms with van der Waals surface area (Å²) in [4.78, 5) is 41.0. The van der Waals surface area contributed by atoms with E-state index in [-0.39, 0.29) is 29.4 Å². The molecule has 9 nitrogen and oxygen atoms in total. The van der Waals surface area contributed by atoms with Gasteiger partial charge in [0.15, 0.2) is 11.4 Å². The van der Waals surface area contributed by atoms with Crippen molar-refractivity contribution in [3.63, 3.8) is 0 Å². The van der Waals surface area contributed by atoms with Crippen LogP contribution >= 0.6 is 0 Å². The summed E-state index contributed by atoms with van der Waals surface area (Å²) in [6, 6.07) is 0.624. The first-order valence-corrected chi connectivity index (χ1v) is 10.6. The summed E-state index contributed by atoms with van der Waals surface area (Å²) in [6.45, 7) is 7.84. The van der Waals surface area contributed by atoms with Gasteiger partial charge in [-0.3, -0.25) is 9.59 Å². The van der Waals surface area contributed by atoms with Gasteiger partial charge in [0, 0.05) is 32.2 Å². The molecule has 0 spiro atoms. The highest BCUT2D eigenvalue weighted by Gasteiger charge is 2.30. The van der Waals surface area contributed by atoms with Crippen molar-refractivity contribution in [3.05, 3.63) is 18.0 Å². The average Bonchev–Trinajstić information content (AvgIpc) is 2.75. The first kappa shape index (κ1) is 24.6. The highest BCUT2D eigenvalue weighted by atomic mass is 16.6. The maximum absolute atomic E-state index is 12.9. The van der Waals surface area contributed by atoms with Gasteiger partial charge in [0.05, 0.1) is 13.2 Å². The minimum Gasteiger partial charge on any atom is -0.493 e. The Morgan fingerprint density at radius 3 is 2.71 bits per heavy atom. The van der Waals surface area contributed by atoms with Crippen molar-refractivity contribution in [3.8, 4) is 11.5 Å². The van der Waals surface area contributed by atoms with E-state index in [2.05, 4.69) is 24.1 Å². The fourth-order valence-electron chi connectivity index (χ4n) is 3.32. The number of cyclic esters (lactones) is 1. The van der Waals surface area contributed by atoms with Gasteiger partial charge < -0.3 is 24.3 Å². The zero-order valence-electron chi connectivity index (χ0n) is 18.8. The van der Waals surface area contributed by atoms with Crippen LogP contribution in [0, 0.1) is 5.92 Å². The van der Waals surface area contributed by atoms with Crippen molar-refractivity contribution in [2.24, 2.45) is 5.92 Å². The Balaban J connectivity index is 2.13. The molecule has 0 bridgehead atoms. The predicted molar refractivity (Wildman–Crippen MR) is 112 cm³/mol. The molecule has 1 N–H and O–H groups in total. The van der Waals surface area contributed by atoms with Crippen LogP contribution in [0.3, 0.4) is 0 Å². The molecule has 1 aromatic rings. The number of rotatable bonds is 7. The van der Waals surface area contributed by atoms with Gasteiger partial charge in [0.1, 0.15) is 12.1 Å². The molecule has 1 aromatic heterocycles. The van der Waals surface area contributed by atoms with Crippen LogP contribution in [0.1, 0.15) is 63.9 Å². The fraction of sp³-hybridized carbons (Fsp3) is 0.636. The van der Waals surface area contributed by atoms with E-state index in [1.54, 1.807) is 0 Å². The number of esters is 2. The van der Waals surface area contributed by atoms with Crippen molar-refractivity contribution < 1.29 is 33.3 Å². The van der Waals surface area contributed by atoms with E-state index < -0.39 is 23.9 Å². The third-order valence-electron chi connectivity index (χ3n) is 4.74. The van der Waals surface area contributed by atoms with Crippen LogP contribution in [0.25, 0.3) is 0 Å². The van der Waals surface area contributed by atoms with E-state index in [9.17, 15) is 14.4 Å². The van der Waals surface area contributed by atoms with E-state index >= 15 is 0 Å². The molecule has 2 heterocycles. The van der Waals surface area contributed by atoms with Crippen LogP contribution in [-0.4, -0.2) is 54.8 Å². The molecular formula is C22H32N2O7. The summed E-state index contributed by atoms with van der Waals surface area (Å²) < 4.78 is 21.8. The number of hydrogen-bond acceptors (Lipinski definition) is 8. The van der Waals surface area contributed by atoms with Crippen LogP contribution in [-0.2, 0) is 19.1 Å². The lowest BCUT2D eigenvalue weighted by Gasteiger charge is -2.21. The Morgan fingerprint density at radius 1 is 1.32 bits per heavy atom. The molecule has 1 saturated heterocycles. The molecule has 172 valence electrons. The lowest BCUT2D eigenvalue weighted by Crippen LogP contribution is -2.43. The Morgan fingerprint density at radius 2 is 2.06 bits per heavy atom. The Kier molecular flexibility index (Phi) is 9.23. The molecule has 1 aliphatic rings. The van der Waals surface area contributed by atoms with Crippen LogP contribution in [0.2, 0.25) is 0 Å². The van der Waals surface area contributed by atoms with E-state index in [0.29, 0.717) is 31.8 Å². The van der Waals surface area contributed by atoms with Crippen LogP contribution in [0.4, 0.5) is 0 Å². The predicted octanol–water partition coefficient (Wildman–Crippen LogP) is 2.66. The summed E-state index contributed by atoms with van der Waals surface area (Å²) in [7, 11) is 1.39. The number of nitrogens with one attached hydrogen (secondary N) is 1. The first-order valence-electron chi connectivity index (χ1n) is 10.6. The maximum atomic E-state index is 12.9. The van der Waals surface area contributed by atoms with Crippen LogP contribution < -0.4 is 14.8 Å². The van der Waals surface area contributed by atoms with Gasteiger partial charge in [-0.2, -0.15) is 0 Å². The van der Waals surface area contributed by atoms with Crippen molar-refractivity contribution in [1.82, 2.24) is 10.3 Å². The minimum absolute atomic E-state index is 0.00438. The maximum Gasteiger partial charge on any atom is 0.328 e. The van der Waals surface area contributed by atoms with Crippen molar-refractivity contribution in [2.45, 2.75) is 71.6 Å². The number of carbonyl (C=O) groups is 3. The number of hydrogen-bond donors (Lipinski definition) is 1. The molecule has 0 aromatic carbocycles. The molecule has 0 aliphatic carbocycles. The van der Waals surface area contributed by atoms with Gasteiger partial charge in [0.2, 0.25) is 5.75 Å². The summed E-state index contributed by atoms with van der Waals surface area (Å²) >= 11 is 0. The number of methoxy groups -OCH3 is 1. The normalized spacial score (nSPS) is 22.0. The standard InChI is InChI=1S/C22H32N2O7/c1-13(2)12-29-16-7-6-8-17(22(27)30-14(3)11-16)24-21(26)19-20(31-15(4)25)18(28-5)9-10-23-19/h9-10,13-14,16-17H,6-8,11-12H2,1-5H3,(H,24,26)/t14-,16-,17-/m0/s1. The second kappa shape index (κ2) is 11.6. The summed E-state index contributed by atoms with van der Waals surface area (Å²) in [5, 5.41) is 2.67. The van der Waals surface area contributed by atoms with E-state index in [4.69, 9.17) is 18.9 Å². The quantitative estimate of drug-likeness (QED) is 0.649. The number of nitrogens with zero attached hydrogens (tertiary/aromatic N) is 1. The van der Waals surface area contributed by atoms with Crippen LogP contribution in [0.5, 0.6) is 11.5 Å². The SMILES string of the molecule is COc1ccnc(C(=O)N[C@H]2CCC[C@H](OCC(C)C)C[C@H](C)OC2=O)c1OC(C)=O. The molecule has 1 amide bonds. The second-order valence-corrected chi connectivity index (χ2v) is 8.07. The molecule has 3 atom stereocenters. The molecule has 9 heteroatoms. The molecular weight excluding hydrogens is 404 g/mol. The fourth-order valence-corrected chi connectivity index (χ4v) is 3.32. The molecule has 2 rings (SSSR count). The molecule has 1 aliphatic heterocycles. The van der Waals surface area contributed by atoms with E-state index in [1.807, 2.05) is 6.92 Å². The molecule has 0 saturated carbocycles. The van der Waals surface area contributed by atoms with Gasteiger partial charge in [-0.15, -0.1) is 0 Å². The van der Waals surface area contributed by atoms with Gasteiger partial charge >= 0.3 is 11.9 Å². The van der Waals surface area contributed by atoms with Gasteiger partial charge in [-0.05, 0) is 32.1 Å². The number of amides is 1. The average molecular weight is 437 g/mol. The van der Waals surface area contributed by atoms with Crippen molar-refractivity contribution in [2.75, 3.05) is 13.7 Å². The highest BCUT2D eigenvalue weighted by Crippen LogP contribution is 2.30. The number of pyridine rings is 1. The number of carbonyl (C=O) groups excluding carboxylic acids is 3. The number of ether oxygens (including phenoxy) is 4. The molecule has 0 radical (unpaired) electrons. The zero-order chi connectivity index (χ0) is 23.0.